The molecule has 88 valence electrons. The first-order valence-corrected chi connectivity index (χ1v) is 6.74. The summed E-state index contributed by atoms with van der Waals surface area (Å²) in [7, 11) is 0. The second-order valence-corrected chi connectivity index (χ2v) is 5.81. The van der Waals surface area contributed by atoms with Crippen LogP contribution < -0.4 is 5.56 Å². The zero-order chi connectivity index (χ0) is 11.8. The van der Waals surface area contributed by atoms with Crippen molar-refractivity contribution in [1.29, 1.82) is 0 Å². The van der Waals surface area contributed by atoms with Crippen molar-refractivity contribution in [1.82, 2.24) is 9.78 Å². The minimum absolute atomic E-state index is 0.169. The maximum absolute atomic E-state index is 11.8. The zero-order valence-corrected chi connectivity index (χ0v) is 11.8. The van der Waals surface area contributed by atoms with Gasteiger partial charge in [-0.2, -0.15) is 5.10 Å². The fourth-order valence-electron chi connectivity index (χ4n) is 1.75. The van der Waals surface area contributed by atoms with Gasteiger partial charge in [-0.25, -0.2) is 4.68 Å². The Morgan fingerprint density at radius 1 is 1.50 bits per heavy atom. The molecule has 0 atom stereocenters. The number of aryl methyl sites for hydroxylation is 1. The number of nitrogens with zero attached hydrogens (tertiary/aromatic N) is 2. The fourth-order valence-corrected chi connectivity index (χ4v) is 2.32. The lowest BCUT2D eigenvalue weighted by Crippen LogP contribution is -2.39. The molecule has 16 heavy (non-hydrogen) atoms. The molecule has 0 saturated heterocycles. The summed E-state index contributed by atoms with van der Waals surface area (Å²) in [6.07, 6.45) is 4.91. The molecule has 2 rings (SSSR count). The van der Waals surface area contributed by atoms with Gasteiger partial charge in [-0.3, -0.25) is 4.79 Å². The number of rotatable bonds is 3. The molecule has 0 aliphatic heterocycles. The van der Waals surface area contributed by atoms with Crippen LogP contribution in [0.1, 0.15) is 25.7 Å². The summed E-state index contributed by atoms with van der Waals surface area (Å²) in [4.78, 5) is 11.8. The molecule has 0 aromatic carbocycles. The highest BCUT2D eigenvalue weighted by atomic mass is 79.9. The zero-order valence-electron chi connectivity index (χ0n) is 8.62. The predicted octanol–water partition coefficient (Wildman–Crippen LogP) is 2.07. The quantitative estimate of drug-likeness (QED) is 0.907. The monoisotopic (exact) mass is 350 g/mol. The summed E-state index contributed by atoms with van der Waals surface area (Å²) in [6, 6.07) is 0. The van der Waals surface area contributed by atoms with E-state index < -0.39 is 5.60 Å². The van der Waals surface area contributed by atoms with Gasteiger partial charge in [0.15, 0.2) is 0 Å². The summed E-state index contributed by atoms with van der Waals surface area (Å²) >= 11 is 6.42. The van der Waals surface area contributed by atoms with E-state index in [4.69, 9.17) is 0 Å². The summed E-state index contributed by atoms with van der Waals surface area (Å²) in [5.74, 6) is 0. The third-order valence-corrected chi connectivity index (χ3v) is 4.92. The Labute approximate surface area is 110 Å². The standard InChI is InChI=1S/C10H12Br2N2O2/c11-7-6-13-14(9(15)8(7)12)5-4-10(16)2-1-3-10/h6,16H,1-5H2. The third-order valence-electron chi connectivity index (χ3n) is 3.02. The fraction of sp³-hybridized carbons (Fsp3) is 0.600. The highest BCUT2D eigenvalue weighted by Crippen LogP contribution is 2.34. The molecule has 1 saturated carbocycles. The Bertz CT molecular complexity index is 455. The minimum atomic E-state index is -0.569. The van der Waals surface area contributed by atoms with Gasteiger partial charge < -0.3 is 5.11 Å². The molecular formula is C10H12Br2N2O2. The smallest absolute Gasteiger partial charge is 0.282 e. The van der Waals surface area contributed by atoms with Crippen molar-refractivity contribution in [3.63, 3.8) is 0 Å². The SMILES string of the molecule is O=c1c(Br)c(Br)cnn1CCC1(O)CCC1. The van der Waals surface area contributed by atoms with E-state index in [1.54, 1.807) is 6.20 Å². The van der Waals surface area contributed by atoms with Crippen LogP contribution in [0.3, 0.4) is 0 Å². The molecule has 0 radical (unpaired) electrons. The second kappa shape index (κ2) is 4.58. The summed E-state index contributed by atoms with van der Waals surface area (Å²) in [6.45, 7) is 0.460. The Balaban J connectivity index is 2.10. The number of hydrogen-bond acceptors (Lipinski definition) is 3. The van der Waals surface area contributed by atoms with Crippen molar-refractivity contribution in [2.75, 3.05) is 0 Å². The highest BCUT2D eigenvalue weighted by Gasteiger charge is 2.33. The van der Waals surface area contributed by atoms with Crippen LogP contribution in [0.25, 0.3) is 0 Å². The van der Waals surface area contributed by atoms with Gasteiger partial charge in [-0.1, -0.05) is 0 Å². The van der Waals surface area contributed by atoms with Crippen molar-refractivity contribution in [3.8, 4) is 0 Å². The van der Waals surface area contributed by atoms with Crippen molar-refractivity contribution < 1.29 is 5.11 Å². The predicted molar refractivity (Wildman–Crippen MR) is 67.3 cm³/mol. The van der Waals surface area contributed by atoms with Gasteiger partial charge in [0.25, 0.3) is 5.56 Å². The lowest BCUT2D eigenvalue weighted by atomic mass is 9.78. The Morgan fingerprint density at radius 2 is 2.19 bits per heavy atom. The molecule has 1 heterocycles. The third kappa shape index (κ3) is 2.38. The Morgan fingerprint density at radius 3 is 2.75 bits per heavy atom. The molecule has 0 unspecified atom stereocenters. The van der Waals surface area contributed by atoms with E-state index in [9.17, 15) is 9.90 Å². The Hall–Kier alpha value is -0.200. The van der Waals surface area contributed by atoms with Crippen molar-refractivity contribution in [3.05, 3.63) is 25.5 Å². The molecule has 6 heteroatoms. The van der Waals surface area contributed by atoms with Gasteiger partial charge in [-0.15, -0.1) is 0 Å². The topological polar surface area (TPSA) is 55.1 Å². The molecule has 0 bridgehead atoms. The summed E-state index contributed by atoms with van der Waals surface area (Å²) in [5, 5.41) is 13.9. The van der Waals surface area contributed by atoms with E-state index in [2.05, 4.69) is 37.0 Å². The number of hydrogen-bond donors (Lipinski definition) is 1. The normalized spacial score (nSPS) is 18.2. The molecule has 0 spiro atoms. The second-order valence-electron chi connectivity index (χ2n) is 4.16. The van der Waals surface area contributed by atoms with Gasteiger partial charge in [0.05, 0.1) is 16.3 Å². The molecule has 0 amide bonds. The minimum Gasteiger partial charge on any atom is -0.390 e. The van der Waals surface area contributed by atoms with Crippen LogP contribution in [-0.2, 0) is 6.54 Å². The number of aromatic nitrogens is 2. The summed E-state index contributed by atoms with van der Waals surface area (Å²) < 4.78 is 2.50. The summed E-state index contributed by atoms with van der Waals surface area (Å²) in [5.41, 5.74) is -0.738. The highest BCUT2D eigenvalue weighted by molar-refractivity contribution is 9.13. The van der Waals surface area contributed by atoms with E-state index in [0.29, 0.717) is 21.9 Å². The van der Waals surface area contributed by atoms with Crippen LogP contribution in [0.2, 0.25) is 0 Å². The van der Waals surface area contributed by atoms with Gasteiger partial charge in [-0.05, 0) is 57.5 Å². The lowest BCUT2D eigenvalue weighted by molar-refractivity contribution is -0.0441. The average molecular weight is 352 g/mol. The van der Waals surface area contributed by atoms with Crippen molar-refractivity contribution >= 4 is 31.9 Å². The van der Waals surface area contributed by atoms with Crippen LogP contribution in [0.4, 0.5) is 0 Å². The Kier molecular flexibility index (Phi) is 3.51. The molecule has 1 aliphatic carbocycles. The molecule has 1 N–H and O–H groups in total. The average Bonchev–Trinajstić information content (AvgIpc) is 2.22. The first-order valence-electron chi connectivity index (χ1n) is 5.15. The number of halogens is 2. The van der Waals surface area contributed by atoms with Crippen molar-refractivity contribution in [2.24, 2.45) is 0 Å². The van der Waals surface area contributed by atoms with Crippen LogP contribution in [0.15, 0.2) is 19.9 Å². The largest absolute Gasteiger partial charge is 0.390 e. The van der Waals surface area contributed by atoms with Gasteiger partial charge in [0.1, 0.15) is 4.47 Å². The van der Waals surface area contributed by atoms with Crippen LogP contribution in [-0.4, -0.2) is 20.5 Å². The van der Waals surface area contributed by atoms with Crippen LogP contribution in [0, 0.1) is 0 Å². The molecule has 1 fully saturated rings. The molecule has 1 aromatic rings. The van der Waals surface area contributed by atoms with Crippen LogP contribution in [0.5, 0.6) is 0 Å². The number of aliphatic hydroxyl groups is 1. The molecule has 1 aromatic heterocycles. The van der Waals surface area contributed by atoms with E-state index in [0.717, 1.165) is 19.3 Å². The van der Waals surface area contributed by atoms with Gasteiger partial charge in [0.2, 0.25) is 0 Å². The van der Waals surface area contributed by atoms with Crippen molar-refractivity contribution in [2.45, 2.75) is 37.8 Å². The maximum atomic E-state index is 11.8. The molecular weight excluding hydrogens is 340 g/mol. The lowest BCUT2D eigenvalue weighted by Gasteiger charge is -2.36. The van der Waals surface area contributed by atoms with Gasteiger partial charge in [0, 0.05) is 6.54 Å². The van der Waals surface area contributed by atoms with E-state index in [1.165, 1.54) is 4.68 Å². The van der Waals surface area contributed by atoms with E-state index in [-0.39, 0.29) is 5.56 Å². The van der Waals surface area contributed by atoms with Crippen LogP contribution >= 0.6 is 31.9 Å². The molecule has 1 aliphatic rings. The maximum Gasteiger partial charge on any atom is 0.282 e. The first-order chi connectivity index (χ1) is 7.52. The van der Waals surface area contributed by atoms with E-state index in [1.807, 2.05) is 0 Å². The first kappa shape index (κ1) is 12.3. The molecule has 4 nitrogen and oxygen atoms in total. The van der Waals surface area contributed by atoms with E-state index >= 15 is 0 Å². The van der Waals surface area contributed by atoms with Gasteiger partial charge >= 0.3 is 0 Å².